The van der Waals surface area contributed by atoms with Crippen LogP contribution < -0.4 is 0 Å². The van der Waals surface area contributed by atoms with E-state index >= 15 is 0 Å². The maximum atomic E-state index is 14.1. The average Bonchev–Trinajstić information content (AvgIpc) is 3.40. The summed E-state index contributed by atoms with van der Waals surface area (Å²) in [6, 6.07) is 6.02. The van der Waals surface area contributed by atoms with Gasteiger partial charge in [0.05, 0.1) is 18.2 Å². The molecule has 0 aliphatic heterocycles. The van der Waals surface area contributed by atoms with Gasteiger partial charge in [0.2, 0.25) is 0 Å². The number of aromatic nitrogens is 1. The monoisotopic (exact) mass is 342 g/mol. The van der Waals surface area contributed by atoms with E-state index < -0.39 is 11.4 Å². The first-order valence-electron chi connectivity index (χ1n) is 8.53. The predicted octanol–water partition coefficient (Wildman–Crippen LogP) is 3.07. The topological polar surface area (TPSA) is 59.5 Å². The molecule has 2 aromatic rings. The van der Waals surface area contributed by atoms with E-state index in [1.165, 1.54) is 19.2 Å². The minimum atomic E-state index is -0.916. The zero-order valence-corrected chi connectivity index (χ0v) is 14.0. The van der Waals surface area contributed by atoms with Crippen LogP contribution in [0.3, 0.4) is 0 Å². The van der Waals surface area contributed by atoms with Gasteiger partial charge in [-0.2, -0.15) is 0 Å². The van der Waals surface area contributed by atoms with Crippen LogP contribution >= 0.6 is 0 Å². The van der Waals surface area contributed by atoms with Gasteiger partial charge in [0.15, 0.2) is 0 Å². The lowest BCUT2D eigenvalue weighted by atomic mass is 9.74. The number of nitrogens with zero attached hydrogens (tertiary/aromatic N) is 2. The van der Waals surface area contributed by atoms with E-state index in [-0.39, 0.29) is 23.5 Å². The van der Waals surface area contributed by atoms with Crippen molar-refractivity contribution in [3.63, 3.8) is 0 Å². The highest BCUT2D eigenvalue weighted by atomic mass is 19.1. The average molecular weight is 342 g/mol. The molecule has 0 radical (unpaired) electrons. The van der Waals surface area contributed by atoms with Crippen molar-refractivity contribution in [2.24, 2.45) is 0 Å². The fourth-order valence-electron chi connectivity index (χ4n) is 3.74. The third-order valence-corrected chi connectivity index (χ3v) is 5.24. The van der Waals surface area contributed by atoms with Crippen LogP contribution in [0.2, 0.25) is 0 Å². The molecule has 0 spiro atoms. The summed E-state index contributed by atoms with van der Waals surface area (Å²) in [5.41, 5.74) is -0.253. The number of amides is 1. The lowest BCUT2D eigenvalue weighted by Gasteiger charge is -2.47. The van der Waals surface area contributed by atoms with Crippen molar-refractivity contribution in [3.8, 4) is 0 Å². The van der Waals surface area contributed by atoms with Crippen molar-refractivity contribution in [3.05, 3.63) is 41.8 Å². The van der Waals surface area contributed by atoms with Crippen molar-refractivity contribution in [2.45, 2.75) is 43.7 Å². The Morgan fingerprint density at radius 2 is 2.08 bits per heavy atom. The Morgan fingerprint density at radius 1 is 1.32 bits per heavy atom. The predicted molar refractivity (Wildman–Crippen MR) is 89.5 cm³/mol. The largest absolute Gasteiger partial charge is 0.467 e. The molecule has 25 heavy (non-hydrogen) atoms. The second kappa shape index (κ2) is 5.79. The number of methoxy groups -OCH3 is 1. The summed E-state index contributed by atoms with van der Waals surface area (Å²) < 4.78 is 19.1. The Morgan fingerprint density at radius 3 is 2.68 bits per heavy atom. The summed E-state index contributed by atoms with van der Waals surface area (Å²) in [6.07, 6.45) is 5.33. The van der Waals surface area contributed by atoms with Crippen molar-refractivity contribution in [1.29, 1.82) is 0 Å². The van der Waals surface area contributed by atoms with Crippen LogP contribution in [0, 0.1) is 5.82 Å². The fourth-order valence-corrected chi connectivity index (χ4v) is 3.74. The SMILES string of the molecule is COC(=O)C1(N(C(=O)c2cc(F)cc3cccnc23)C2CC2)CCC1. The van der Waals surface area contributed by atoms with Crippen LogP contribution in [0.4, 0.5) is 4.39 Å². The van der Waals surface area contributed by atoms with Crippen molar-refractivity contribution in [1.82, 2.24) is 9.88 Å². The first kappa shape index (κ1) is 16.0. The lowest BCUT2D eigenvalue weighted by Crippen LogP contribution is -2.62. The molecule has 0 bridgehead atoms. The number of ether oxygens (including phenoxy) is 1. The minimum Gasteiger partial charge on any atom is -0.467 e. The van der Waals surface area contributed by atoms with Gasteiger partial charge in [0.1, 0.15) is 11.4 Å². The van der Waals surface area contributed by atoms with E-state index in [9.17, 15) is 14.0 Å². The van der Waals surface area contributed by atoms with Crippen molar-refractivity contribution >= 4 is 22.8 Å². The summed E-state index contributed by atoms with van der Waals surface area (Å²) in [6.45, 7) is 0. The van der Waals surface area contributed by atoms with E-state index in [2.05, 4.69) is 4.98 Å². The molecule has 130 valence electrons. The third-order valence-electron chi connectivity index (χ3n) is 5.24. The molecule has 2 fully saturated rings. The molecule has 0 unspecified atom stereocenters. The van der Waals surface area contributed by atoms with Crippen LogP contribution in [-0.2, 0) is 9.53 Å². The van der Waals surface area contributed by atoms with Gasteiger partial charge in [-0.05, 0) is 50.3 Å². The van der Waals surface area contributed by atoms with Gasteiger partial charge in [0, 0.05) is 17.6 Å². The van der Waals surface area contributed by atoms with Gasteiger partial charge in [-0.3, -0.25) is 9.78 Å². The number of fused-ring (bicyclic) bond motifs is 1. The Hall–Kier alpha value is -2.50. The van der Waals surface area contributed by atoms with Gasteiger partial charge < -0.3 is 9.64 Å². The summed E-state index contributed by atoms with van der Waals surface area (Å²) >= 11 is 0. The quantitative estimate of drug-likeness (QED) is 0.801. The summed E-state index contributed by atoms with van der Waals surface area (Å²) in [4.78, 5) is 31.7. The second-order valence-corrected chi connectivity index (χ2v) is 6.81. The molecule has 0 saturated heterocycles. The summed E-state index contributed by atoms with van der Waals surface area (Å²) in [7, 11) is 1.34. The lowest BCUT2D eigenvalue weighted by molar-refractivity contribution is -0.160. The number of carbonyl (C=O) groups is 2. The first-order chi connectivity index (χ1) is 12.1. The molecule has 1 heterocycles. The van der Waals surface area contributed by atoms with Crippen LogP contribution in [-0.4, -0.2) is 40.5 Å². The molecule has 6 heteroatoms. The highest BCUT2D eigenvalue weighted by molar-refractivity contribution is 6.07. The molecule has 0 atom stereocenters. The molecule has 5 nitrogen and oxygen atoms in total. The minimum absolute atomic E-state index is 0.00827. The Bertz CT molecular complexity index is 859. The molecule has 1 aromatic carbocycles. The molecule has 0 N–H and O–H groups in total. The van der Waals surface area contributed by atoms with E-state index in [1.54, 1.807) is 23.2 Å². The fraction of sp³-hybridized carbons (Fsp3) is 0.421. The van der Waals surface area contributed by atoms with Crippen LogP contribution in [0.15, 0.2) is 30.5 Å². The molecule has 2 saturated carbocycles. The van der Waals surface area contributed by atoms with E-state index in [4.69, 9.17) is 4.74 Å². The third kappa shape index (κ3) is 2.47. The highest BCUT2D eigenvalue weighted by Crippen LogP contribution is 2.45. The zero-order valence-electron chi connectivity index (χ0n) is 14.0. The number of pyridine rings is 1. The van der Waals surface area contributed by atoms with Gasteiger partial charge in [0.25, 0.3) is 5.91 Å². The van der Waals surface area contributed by atoms with Gasteiger partial charge >= 0.3 is 5.97 Å². The van der Waals surface area contributed by atoms with E-state index in [0.29, 0.717) is 23.7 Å². The standard InChI is InChI=1S/C19H19FN2O3/c1-25-18(24)19(7-3-8-19)22(14-5-6-14)17(23)15-11-13(20)10-12-4-2-9-21-16(12)15/h2,4,9-11,14H,3,5-8H2,1H3. The molecular weight excluding hydrogens is 323 g/mol. The number of hydrogen-bond donors (Lipinski definition) is 0. The summed E-state index contributed by atoms with van der Waals surface area (Å²) in [5, 5.41) is 0.572. The molecule has 4 rings (SSSR count). The molecule has 1 aromatic heterocycles. The van der Waals surface area contributed by atoms with Gasteiger partial charge in [-0.25, -0.2) is 9.18 Å². The zero-order chi connectivity index (χ0) is 17.6. The van der Waals surface area contributed by atoms with Crippen LogP contribution in [0.5, 0.6) is 0 Å². The molecule has 2 aliphatic carbocycles. The number of carbonyl (C=O) groups excluding carboxylic acids is 2. The first-order valence-corrected chi connectivity index (χ1v) is 8.53. The number of benzene rings is 1. The number of rotatable bonds is 4. The molecule has 2 aliphatic rings. The van der Waals surface area contributed by atoms with Crippen LogP contribution in [0.1, 0.15) is 42.5 Å². The molecule has 1 amide bonds. The number of halogens is 1. The maximum absolute atomic E-state index is 14.1. The Kier molecular flexibility index (Phi) is 3.71. The smallest absolute Gasteiger partial charge is 0.331 e. The second-order valence-electron chi connectivity index (χ2n) is 6.81. The van der Waals surface area contributed by atoms with Crippen LogP contribution in [0.25, 0.3) is 10.9 Å². The van der Waals surface area contributed by atoms with Gasteiger partial charge in [-0.1, -0.05) is 6.07 Å². The number of esters is 1. The Balaban J connectivity index is 1.82. The van der Waals surface area contributed by atoms with Crippen molar-refractivity contribution < 1.29 is 18.7 Å². The maximum Gasteiger partial charge on any atom is 0.331 e. The normalized spacial score (nSPS) is 18.5. The highest BCUT2D eigenvalue weighted by Gasteiger charge is 2.56. The Labute approximate surface area is 144 Å². The van der Waals surface area contributed by atoms with E-state index in [0.717, 1.165) is 19.3 Å². The summed E-state index contributed by atoms with van der Waals surface area (Å²) in [5.74, 6) is -1.20. The van der Waals surface area contributed by atoms with Gasteiger partial charge in [-0.15, -0.1) is 0 Å². The molecular formula is C19H19FN2O3. The number of hydrogen-bond acceptors (Lipinski definition) is 4. The van der Waals surface area contributed by atoms with Crippen molar-refractivity contribution in [2.75, 3.05) is 7.11 Å². The van der Waals surface area contributed by atoms with E-state index in [1.807, 2.05) is 0 Å².